The lowest BCUT2D eigenvalue weighted by atomic mass is 10.3. The van der Waals surface area contributed by atoms with Crippen LogP contribution in [0.4, 0.5) is 20.3 Å². The van der Waals surface area contributed by atoms with Crippen molar-refractivity contribution in [2.75, 3.05) is 23.7 Å². The maximum Gasteiger partial charge on any atom is 0.321 e. The van der Waals surface area contributed by atoms with Crippen LogP contribution in [0.3, 0.4) is 0 Å². The molecule has 0 amide bonds. The average Bonchev–Trinajstić information content (AvgIpc) is 2.75. The van der Waals surface area contributed by atoms with E-state index in [1.165, 1.54) is 32.4 Å². The van der Waals surface area contributed by atoms with Crippen LogP contribution in [0.5, 0.6) is 11.9 Å². The van der Waals surface area contributed by atoms with Crippen LogP contribution in [0, 0.1) is 11.6 Å². The summed E-state index contributed by atoms with van der Waals surface area (Å²) in [6.45, 7) is 0. The number of sulfonamides is 2. The van der Waals surface area contributed by atoms with Crippen molar-refractivity contribution in [2.24, 2.45) is 0 Å². The van der Waals surface area contributed by atoms with Crippen molar-refractivity contribution in [3.63, 3.8) is 0 Å². The summed E-state index contributed by atoms with van der Waals surface area (Å²) in [4.78, 5) is 7.02. The van der Waals surface area contributed by atoms with Gasteiger partial charge in [-0.25, -0.2) is 25.6 Å². The zero-order chi connectivity index (χ0) is 23.5. The number of benzene rings is 2. The fourth-order valence-corrected chi connectivity index (χ4v) is 4.47. The lowest BCUT2D eigenvalue weighted by Crippen LogP contribution is -2.15. The molecule has 2 N–H and O–H groups in total. The number of aromatic nitrogens is 2. The molecule has 1 aromatic heterocycles. The van der Waals surface area contributed by atoms with Crippen LogP contribution in [0.2, 0.25) is 0 Å². The Morgan fingerprint density at radius 2 is 1.38 bits per heavy atom. The van der Waals surface area contributed by atoms with E-state index >= 15 is 0 Å². The number of rotatable bonds is 8. The van der Waals surface area contributed by atoms with E-state index in [0.717, 1.165) is 18.2 Å². The Labute approximate surface area is 182 Å². The number of nitrogens with zero attached hydrogens (tertiary/aromatic N) is 2. The van der Waals surface area contributed by atoms with Gasteiger partial charge >= 0.3 is 6.01 Å². The molecule has 0 saturated heterocycles. The van der Waals surface area contributed by atoms with Gasteiger partial charge in [0.1, 0.15) is 0 Å². The molecule has 0 spiro atoms. The highest BCUT2D eigenvalue weighted by Gasteiger charge is 2.19. The lowest BCUT2D eigenvalue weighted by molar-refractivity contribution is 0.353. The van der Waals surface area contributed by atoms with Crippen molar-refractivity contribution >= 4 is 31.6 Å². The second-order valence-corrected chi connectivity index (χ2v) is 9.46. The standard InChI is InChI=1S/C18H16F2N4O6S2/c1-29-17-10-16(21-18(22-17)30-2)24-31(25,26)12-5-3-11(4-6-12)23-32(27,28)13-7-8-14(19)15(20)9-13/h3-10,23H,1-2H3,(H,21,22,24). The molecule has 0 aliphatic carbocycles. The van der Waals surface area contributed by atoms with E-state index in [-0.39, 0.29) is 28.3 Å². The number of hydrogen-bond acceptors (Lipinski definition) is 8. The monoisotopic (exact) mass is 486 g/mol. The second kappa shape index (κ2) is 8.92. The highest BCUT2D eigenvalue weighted by atomic mass is 32.2. The topological polar surface area (TPSA) is 137 Å². The van der Waals surface area contributed by atoms with Gasteiger partial charge in [-0.05, 0) is 42.5 Å². The maximum atomic E-state index is 13.3. The molecular formula is C18H16F2N4O6S2. The van der Waals surface area contributed by atoms with Crippen LogP contribution >= 0.6 is 0 Å². The Balaban J connectivity index is 1.80. The Morgan fingerprint density at radius 1 is 0.750 bits per heavy atom. The zero-order valence-electron chi connectivity index (χ0n) is 16.5. The Bertz CT molecular complexity index is 1330. The fourth-order valence-electron chi connectivity index (χ4n) is 2.41. The third kappa shape index (κ3) is 5.20. The molecule has 3 aromatic rings. The molecule has 0 fully saturated rings. The van der Waals surface area contributed by atoms with E-state index in [2.05, 4.69) is 19.4 Å². The predicted octanol–water partition coefficient (Wildman–Crippen LogP) is 2.37. The van der Waals surface area contributed by atoms with Crippen LogP contribution < -0.4 is 18.9 Å². The summed E-state index contributed by atoms with van der Waals surface area (Å²) in [6, 6.07) is 7.89. The first-order valence-corrected chi connectivity index (χ1v) is 11.6. The van der Waals surface area contributed by atoms with Crippen molar-refractivity contribution in [2.45, 2.75) is 9.79 Å². The minimum atomic E-state index is -4.23. The van der Waals surface area contributed by atoms with Crippen LogP contribution in [-0.4, -0.2) is 41.0 Å². The smallest absolute Gasteiger partial charge is 0.321 e. The minimum absolute atomic E-state index is 0.000872. The van der Waals surface area contributed by atoms with Crippen molar-refractivity contribution in [1.82, 2.24) is 9.97 Å². The van der Waals surface area contributed by atoms with E-state index in [1.807, 2.05) is 0 Å². The van der Waals surface area contributed by atoms with Crippen LogP contribution in [-0.2, 0) is 20.0 Å². The molecule has 0 aliphatic rings. The first kappa shape index (κ1) is 23.1. The summed E-state index contributed by atoms with van der Waals surface area (Å²) in [5, 5.41) is 0. The van der Waals surface area contributed by atoms with Crippen molar-refractivity contribution < 1.29 is 35.1 Å². The molecule has 0 aliphatic heterocycles. The normalized spacial score (nSPS) is 11.6. The molecule has 0 saturated carbocycles. The van der Waals surface area contributed by atoms with Gasteiger partial charge in [-0.15, -0.1) is 0 Å². The first-order valence-electron chi connectivity index (χ1n) is 8.62. The predicted molar refractivity (Wildman–Crippen MR) is 110 cm³/mol. The number of methoxy groups -OCH3 is 2. The van der Waals surface area contributed by atoms with Crippen molar-refractivity contribution in [3.05, 3.63) is 60.2 Å². The van der Waals surface area contributed by atoms with Gasteiger partial charge in [-0.3, -0.25) is 9.44 Å². The minimum Gasteiger partial charge on any atom is -0.481 e. The molecule has 0 atom stereocenters. The molecule has 0 bridgehead atoms. The average molecular weight is 486 g/mol. The lowest BCUT2D eigenvalue weighted by Gasteiger charge is -2.11. The van der Waals surface area contributed by atoms with E-state index in [9.17, 15) is 25.6 Å². The number of hydrogen-bond donors (Lipinski definition) is 2. The number of halogens is 2. The van der Waals surface area contributed by atoms with Gasteiger partial charge in [0.2, 0.25) is 5.88 Å². The SMILES string of the molecule is COc1cc(NS(=O)(=O)c2ccc(NS(=O)(=O)c3ccc(F)c(F)c3)cc2)nc(OC)n1. The third-order valence-corrected chi connectivity index (χ3v) is 6.68. The number of ether oxygens (including phenoxy) is 2. The van der Waals surface area contributed by atoms with Gasteiger partial charge in [0.15, 0.2) is 17.5 Å². The second-order valence-electron chi connectivity index (χ2n) is 6.09. The molecule has 10 nitrogen and oxygen atoms in total. The van der Waals surface area contributed by atoms with Crippen molar-refractivity contribution in [3.8, 4) is 11.9 Å². The summed E-state index contributed by atoms with van der Waals surface area (Å²) < 4.78 is 90.5. The van der Waals surface area contributed by atoms with E-state index in [0.29, 0.717) is 12.1 Å². The van der Waals surface area contributed by atoms with Gasteiger partial charge in [0, 0.05) is 11.8 Å². The van der Waals surface area contributed by atoms with Crippen molar-refractivity contribution in [1.29, 1.82) is 0 Å². The molecule has 0 unspecified atom stereocenters. The molecule has 14 heteroatoms. The quantitative estimate of drug-likeness (QED) is 0.495. The number of nitrogens with one attached hydrogen (secondary N) is 2. The highest BCUT2D eigenvalue weighted by molar-refractivity contribution is 7.93. The Morgan fingerprint density at radius 3 is 1.97 bits per heavy atom. The van der Waals surface area contributed by atoms with Gasteiger partial charge < -0.3 is 9.47 Å². The Kier molecular flexibility index (Phi) is 6.45. The molecule has 1 heterocycles. The molecule has 3 rings (SSSR count). The Hall–Kier alpha value is -3.52. The van der Waals surface area contributed by atoms with Gasteiger partial charge in [0.05, 0.1) is 24.0 Å². The maximum absolute atomic E-state index is 13.3. The fraction of sp³-hybridized carbons (Fsp3) is 0.111. The number of anilines is 2. The summed E-state index contributed by atoms with van der Waals surface area (Å²) in [6.07, 6.45) is 0. The molecule has 32 heavy (non-hydrogen) atoms. The van der Waals surface area contributed by atoms with E-state index in [1.54, 1.807) is 0 Å². The van der Waals surface area contributed by atoms with Crippen LogP contribution in [0.15, 0.2) is 58.3 Å². The summed E-state index contributed by atoms with van der Waals surface area (Å²) in [5.41, 5.74) is -0.000872. The largest absolute Gasteiger partial charge is 0.481 e. The van der Waals surface area contributed by atoms with Crippen LogP contribution in [0.1, 0.15) is 0 Å². The van der Waals surface area contributed by atoms with Gasteiger partial charge in [0.25, 0.3) is 20.0 Å². The molecule has 2 aromatic carbocycles. The van der Waals surface area contributed by atoms with Crippen LogP contribution in [0.25, 0.3) is 0 Å². The summed E-state index contributed by atoms with van der Waals surface area (Å²) in [5.74, 6) is -2.56. The summed E-state index contributed by atoms with van der Waals surface area (Å²) in [7, 11) is -5.71. The molecule has 170 valence electrons. The first-order chi connectivity index (χ1) is 15.0. The molecular weight excluding hydrogens is 470 g/mol. The van der Waals surface area contributed by atoms with Gasteiger partial charge in [-0.2, -0.15) is 9.97 Å². The highest BCUT2D eigenvalue weighted by Crippen LogP contribution is 2.23. The van der Waals surface area contributed by atoms with Gasteiger partial charge in [-0.1, -0.05) is 0 Å². The third-order valence-electron chi connectivity index (χ3n) is 3.93. The van der Waals surface area contributed by atoms with E-state index in [4.69, 9.17) is 9.47 Å². The molecule has 0 radical (unpaired) electrons. The summed E-state index contributed by atoms with van der Waals surface area (Å²) >= 11 is 0. The zero-order valence-corrected chi connectivity index (χ0v) is 18.2. The van der Waals surface area contributed by atoms with E-state index < -0.39 is 36.6 Å².